The number of rotatable bonds is 5. The van der Waals surface area contributed by atoms with Crippen LogP contribution < -0.4 is 4.31 Å². The fourth-order valence-electron chi connectivity index (χ4n) is 2.64. The lowest BCUT2D eigenvalue weighted by Gasteiger charge is -2.27. The molecule has 9 nitrogen and oxygen atoms in total. The molecule has 1 atom stereocenters. The molecule has 12 heteroatoms. The van der Waals surface area contributed by atoms with Gasteiger partial charge < -0.3 is 14.3 Å². The van der Waals surface area contributed by atoms with Crippen LogP contribution in [0.25, 0.3) is 10.9 Å². The Morgan fingerprint density at radius 2 is 1.96 bits per heavy atom. The number of nitrogens with zero attached hydrogens (tertiary/aromatic N) is 2. The lowest BCUT2D eigenvalue weighted by atomic mass is 10.1. The predicted molar refractivity (Wildman–Crippen MR) is 93.7 cm³/mol. The van der Waals surface area contributed by atoms with Crippen molar-refractivity contribution in [2.45, 2.75) is 0 Å². The maximum atomic E-state index is 14.5. The number of carbonyl (C=O) groups excluding carboxylic acids is 1. The van der Waals surface area contributed by atoms with Crippen LogP contribution in [-0.2, 0) is 16.0 Å². The number of hydrogen-bond donors (Lipinski definition) is 1. The van der Waals surface area contributed by atoms with E-state index in [1.807, 2.05) is 0 Å². The van der Waals surface area contributed by atoms with Crippen LogP contribution in [0.1, 0.15) is 10.4 Å². The molecule has 1 unspecified atom stereocenters. The maximum Gasteiger partial charge on any atom is 0.340 e. The van der Waals surface area contributed by atoms with Crippen molar-refractivity contribution >= 4 is 45.2 Å². The zero-order valence-corrected chi connectivity index (χ0v) is 14.8. The van der Waals surface area contributed by atoms with Crippen molar-refractivity contribution in [3.63, 3.8) is 0 Å². The SMILES string of the molecule is COC(=O)c1cc(F)c(N(c2ccc3c([N+](=O)[O-])c[nH]c3c2)S(=O)[O-])cc1F. The lowest BCUT2D eigenvalue weighted by molar-refractivity contribution is -0.383. The third-order valence-electron chi connectivity index (χ3n) is 3.88. The number of anilines is 2. The van der Waals surface area contributed by atoms with Crippen molar-refractivity contribution in [1.29, 1.82) is 0 Å². The van der Waals surface area contributed by atoms with Gasteiger partial charge >= 0.3 is 5.97 Å². The van der Waals surface area contributed by atoms with Crippen molar-refractivity contribution in [2.75, 3.05) is 11.4 Å². The van der Waals surface area contributed by atoms with E-state index in [0.717, 1.165) is 13.3 Å². The molecule has 0 spiro atoms. The summed E-state index contributed by atoms with van der Waals surface area (Å²) >= 11 is -3.08. The smallest absolute Gasteiger partial charge is 0.340 e. The Morgan fingerprint density at radius 3 is 2.57 bits per heavy atom. The van der Waals surface area contributed by atoms with E-state index in [9.17, 15) is 32.5 Å². The summed E-state index contributed by atoms with van der Waals surface area (Å²) in [5, 5.41) is 11.2. The highest BCUT2D eigenvalue weighted by atomic mass is 32.2. The normalized spacial score (nSPS) is 12.0. The summed E-state index contributed by atoms with van der Waals surface area (Å²) in [6, 6.07) is 4.76. The minimum absolute atomic E-state index is 0.110. The highest BCUT2D eigenvalue weighted by Crippen LogP contribution is 2.34. The Bertz CT molecular complexity index is 1130. The lowest BCUT2D eigenvalue weighted by Crippen LogP contribution is -2.21. The molecule has 3 aromatic rings. The average molecular weight is 410 g/mol. The van der Waals surface area contributed by atoms with Crippen LogP contribution in [0.2, 0.25) is 0 Å². The van der Waals surface area contributed by atoms with Crippen molar-refractivity contribution in [1.82, 2.24) is 4.98 Å². The van der Waals surface area contributed by atoms with Gasteiger partial charge in [0, 0.05) is 6.07 Å². The third-order valence-corrected chi connectivity index (χ3v) is 4.59. The van der Waals surface area contributed by atoms with Crippen molar-refractivity contribution in [3.8, 4) is 0 Å². The number of methoxy groups -OCH3 is 1. The summed E-state index contributed by atoms with van der Waals surface area (Å²) in [6.07, 6.45) is 1.12. The molecule has 146 valence electrons. The molecule has 1 N–H and O–H groups in total. The van der Waals surface area contributed by atoms with Crippen molar-refractivity contribution < 1.29 is 32.0 Å². The van der Waals surface area contributed by atoms with Gasteiger partial charge in [-0.2, -0.15) is 0 Å². The van der Waals surface area contributed by atoms with Crippen LogP contribution in [0, 0.1) is 21.7 Å². The summed E-state index contributed by atoms with van der Waals surface area (Å²) in [5.74, 6) is -3.50. The van der Waals surface area contributed by atoms with E-state index in [0.29, 0.717) is 16.4 Å². The topological polar surface area (TPSA) is 129 Å². The fourth-order valence-corrected chi connectivity index (χ4v) is 3.23. The van der Waals surface area contributed by atoms with Gasteiger partial charge in [-0.3, -0.25) is 18.6 Å². The number of fused-ring (bicyclic) bond motifs is 1. The van der Waals surface area contributed by atoms with Gasteiger partial charge in [-0.05, 0) is 24.3 Å². The van der Waals surface area contributed by atoms with E-state index >= 15 is 0 Å². The van der Waals surface area contributed by atoms with E-state index in [-0.39, 0.29) is 22.3 Å². The molecular weight excluding hydrogens is 400 g/mol. The molecular formula is C16H10F2N3O6S-. The van der Waals surface area contributed by atoms with Crippen molar-refractivity contribution in [2.24, 2.45) is 0 Å². The maximum absolute atomic E-state index is 14.5. The van der Waals surface area contributed by atoms with Gasteiger partial charge in [0.05, 0.1) is 57.3 Å². The van der Waals surface area contributed by atoms with Crippen LogP contribution in [0.3, 0.4) is 0 Å². The van der Waals surface area contributed by atoms with Crippen LogP contribution >= 0.6 is 0 Å². The molecule has 0 saturated heterocycles. The van der Waals surface area contributed by atoms with Gasteiger partial charge in [0.1, 0.15) is 11.6 Å². The molecule has 0 radical (unpaired) electrons. The Labute approximate surface area is 158 Å². The molecule has 3 rings (SSSR count). The number of hydrogen-bond acceptors (Lipinski definition) is 6. The first-order chi connectivity index (χ1) is 13.2. The number of benzene rings is 2. The Balaban J connectivity index is 2.14. The number of nitro groups is 1. The van der Waals surface area contributed by atoms with Crippen LogP contribution in [-0.4, -0.2) is 31.7 Å². The molecule has 2 aromatic carbocycles. The average Bonchev–Trinajstić information content (AvgIpc) is 3.07. The molecule has 0 bridgehead atoms. The number of halogens is 2. The largest absolute Gasteiger partial charge is 0.755 e. The molecule has 0 fully saturated rings. The zero-order chi connectivity index (χ0) is 20.6. The molecule has 0 aliphatic carbocycles. The highest BCUT2D eigenvalue weighted by Gasteiger charge is 2.23. The van der Waals surface area contributed by atoms with Crippen LogP contribution in [0.5, 0.6) is 0 Å². The molecule has 0 aliphatic rings. The number of aromatic amines is 1. The van der Waals surface area contributed by atoms with Crippen LogP contribution in [0.4, 0.5) is 25.8 Å². The van der Waals surface area contributed by atoms with E-state index in [1.165, 1.54) is 18.2 Å². The molecule has 0 saturated carbocycles. The Morgan fingerprint density at radius 1 is 1.25 bits per heavy atom. The first-order valence-electron chi connectivity index (χ1n) is 7.47. The van der Waals surface area contributed by atoms with Gasteiger partial charge in [0.2, 0.25) is 0 Å². The first kappa shape index (κ1) is 19.4. The summed E-state index contributed by atoms with van der Waals surface area (Å²) in [6.45, 7) is 0. The van der Waals surface area contributed by atoms with Gasteiger partial charge in [-0.15, -0.1) is 0 Å². The zero-order valence-electron chi connectivity index (χ0n) is 14.0. The van der Waals surface area contributed by atoms with Crippen LogP contribution in [0.15, 0.2) is 36.5 Å². The minimum Gasteiger partial charge on any atom is -0.755 e. The second kappa shape index (κ2) is 7.32. The number of aromatic nitrogens is 1. The molecule has 1 aromatic heterocycles. The molecule has 0 aliphatic heterocycles. The van der Waals surface area contributed by atoms with Crippen molar-refractivity contribution in [3.05, 3.63) is 63.8 Å². The minimum atomic E-state index is -3.08. The first-order valence-corrected chi connectivity index (χ1v) is 8.50. The summed E-state index contributed by atoms with van der Waals surface area (Å²) in [5.41, 5.74) is -1.50. The standard InChI is InChI=1S/C16H11F2N3O6S/c1-27-16(22)10-5-12(18)14(6-11(10)17)20(28(25)26)8-2-3-9-13(4-8)19-7-15(9)21(23)24/h2-7,19H,1H3,(H,25,26)/p-1. The second-order valence-electron chi connectivity index (χ2n) is 5.45. The molecule has 1 heterocycles. The monoisotopic (exact) mass is 410 g/mol. The highest BCUT2D eigenvalue weighted by molar-refractivity contribution is 7.81. The summed E-state index contributed by atoms with van der Waals surface area (Å²) in [4.78, 5) is 24.4. The number of H-pyrrole nitrogens is 1. The molecule has 28 heavy (non-hydrogen) atoms. The summed E-state index contributed by atoms with van der Waals surface area (Å²) in [7, 11) is 0.983. The van der Waals surface area contributed by atoms with Gasteiger partial charge in [-0.25, -0.2) is 13.6 Å². The van der Waals surface area contributed by atoms with E-state index in [1.54, 1.807) is 0 Å². The third kappa shape index (κ3) is 3.30. The van der Waals surface area contributed by atoms with Gasteiger partial charge in [0.15, 0.2) is 0 Å². The second-order valence-corrected chi connectivity index (χ2v) is 6.25. The number of nitrogens with one attached hydrogen (secondary N) is 1. The van der Waals surface area contributed by atoms with E-state index < -0.39 is 45.0 Å². The van der Waals surface area contributed by atoms with Gasteiger partial charge in [0.25, 0.3) is 5.69 Å². The number of esters is 1. The molecule has 0 amide bonds. The Hall–Kier alpha value is -3.38. The summed E-state index contributed by atoms with van der Waals surface area (Å²) < 4.78 is 56.9. The van der Waals surface area contributed by atoms with E-state index in [4.69, 9.17) is 0 Å². The fraction of sp³-hybridized carbons (Fsp3) is 0.0625. The van der Waals surface area contributed by atoms with Gasteiger partial charge in [-0.1, -0.05) is 0 Å². The number of carbonyl (C=O) groups is 1. The number of ether oxygens (including phenoxy) is 1. The quantitative estimate of drug-likeness (QED) is 0.298. The Kier molecular flexibility index (Phi) is 5.07. The predicted octanol–water partition coefficient (Wildman–Crippen LogP) is 3.07. The van der Waals surface area contributed by atoms with E-state index in [2.05, 4.69) is 9.72 Å².